The first-order valence-corrected chi connectivity index (χ1v) is 24.5. The standard InChI is InChI=1S/C37H47N3O4Si.C16H21N3O2.2CH4.ClH/c1-27(41)34-39-33(26-40(34)8)29-21-19-28(20-22-29)25-30(38-35(42)44-36(2,3)4)23-24-43-45(37(5,6)7,31-15-11-9-12-16-31)32-17-13-10-14-18-32;1-11(21)16-18-15(10-19(16)2)13-5-3-12(4-6-13)9-14(17)7-8-20;;;/h9-22,26,30H,23-25H2,1-8H3,(H,38,42);3-6,10,14,20H,7-9,17H2,1-2H3;2*1H4;1H/t30-;14-;;;/m01.../s1. The van der Waals surface area contributed by atoms with Crippen molar-refractivity contribution in [2.45, 2.75) is 119 Å². The van der Waals surface area contributed by atoms with Crippen LogP contribution >= 0.6 is 12.4 Å². The molecule has 0 aliphatic heterocycles. The summed E-state index contributed by atoms with van der Waals surface area (Å²) in [5.74, 6) is 0.766. The summed E-state index contributed by atoms with van der Waals surface area (Å²) in [7, 11) is 0.919. The number of aryl methyl sites for hydroxylation is 2. The van der Waals surface area contributed by atoms with Crippen LogP contribution in [-0.2, 0) is 36.1 Å². The van der Waals surface area contributed by atoms with Crippen molar-refractivity contribution in [1.29, 1.82) is 0 Å². The Hall–Kier alpha value is -5.70. The van der Waals surface area contributed by atoms with E-state index in [1.54, 1.807) is 9.13 Å². The number of ketones is 2. The number of aliphatic hydroxyl groups excluding tert-OH is 1. The van der Waals surface area contributed by atoms with Crippen molar-refractivity contribution in [2.75, 3.05) is 13.2 Å². The Morgan fingerprint density at radius 1 is 0.681 bits per heavy atom. The fourth-order valence-electron chi connectivity index (χ4n) is 8.16. The van der Waals surface area contributed by atoms with Crippen LogP contribution in [0, 0.1) is 0 Å². The maximum absolute atomic E-state index is 12.9. The number of Topliss-reactive ketones (excluding diaryl/α,β-unsaturated/α-hetero) is 2. The lowest BCUT2D eigenvalue weighted by molar-refractivity contribution is 0.0497. The Bertz CT molecular complexity index is 2470. The third-order valence-electron chi connectivity index (χ3n) is 11.3. The number of halogens is 1. The normalized spacial score (nSPS) is 12.2. The number of carbonyl (C=O) groups is 3. The van der Waals surface area contributed by atoms with Gasteiger partial charge in [-0.2, -0.15) is 0 Å². The first kappa shape index (κ1) is 59.4. The molecular formula is C55H77ClN6O6Si. The second kappa shape index (κ2) is 26.3. The summed E-state index contributed by atoms with van der Waals surface area (Å²) in [6.07, 6.45) is 5.81. The molecule has 4 aromatic carbocycles. The second-order valence-corrected chi connectivity index (χ2v) is 23.3. The van der Waals surface area contributed by atoms with Crippen LogP contribution < -0.4 is 21.4 Å². The van der Waals surface area contributed by atoms with Gasteiger partial charge in [0.15, 0.2) is 23.2 Å². The summed E-state index contributed by atoms with van der Waals surface area (Å²) in [5.41, 5.74) is 10.9. The SMILES string of the molecule is C.C.CC(=O)c1nc(-c2ccc(C[C@H](CCO[Si](c3ccccc3)(c3ccccc3)C(C)(C)C)NC(=O)OC(C)(C)C)cc2)cn1C.CC(=O)c1nc(-c2ccc(C[C@H](N)CCO)cc2)cn1C.Cl. The molecule has 0 fully saturated rings. The first-order valence-electron chi connectivity index (χ1n) is 22.6. The average molecular weight is 982 g/mol. The van der Waals surface area contributed by atoms with Gasteiger partial charge >= 0.3 is 6.09 Å². The molecule has 1 amide bonds. The highest BCUT2D eigenvalue weighted by molar-refractivity contribution is 6.99. The molecule has 14 heteroatoms. The van der Waals surface area contributed by atoms with Gasteiger partial charge in [-0.1, -0.05) is 145 Å². The molecule has 0 radical (unpaired) electrons. The van der Waals surface area contributed by atoms with Crippen LogP contribution in [0.4, 0.5) is 4.79 Å². The van der Waals surface area contributed by atoms with Crippen LogP contribution in [0.5, 0.6) is 0 Å². The maximum atomic E-state index is 12.9. The van der Waals surface area contributed by atoms with Crippen LogP contribution in [0.15, 0.2) is 122 Å². The molecule has 12 nitrogen and oxygen atoms in total. The molecular weight excluding hydrogens is 904 g/mol. The lowest BCUT2D eigenvalue weighted by atomic mass is 10.0. The molecule has 0 saturated heterocycles. The van der Waals surface area contributed by atoms with Gasteiger partial charge in [-0.3, -0.25) is 9.59 Å². The van der Waals surface area contributed by atoms with Gasteiger partial charge in [-0.05, 0) is 73.0 Å². The number of amides is 1. The van der Waals surface area contributed by atoms with E-state index in [2.05, 4.69) is 84.6 Å². The van der Waals surface area contributed by atoms with Crippen molar-refractivity contribution in [3.63, 3.8) is 0 Å². The van der Waals surface area contributed by atoms with Gasteiger partial charge in [-0.25, -0.2) is 14.8 Å². The zero-order valence-electron chi connectivity index (χ0n) is 40.7. The van der Waals surface area contributed by atoms with Gasteiger partial charge < -0.3 is 34.5 Å². The van der Waals surface area contributed by atoms with Crippen molar-refractivity contribution in [2.24, 2.45) is 19.8 Å². The van der Waals surface area contributed by atoms with Crippen LogP contribution in [0.3, 0.4) is 0 Å². The molecule has 0 spiro atoms. The highest BCUT2D eigenvalue weighted by atomic mass is 35.5. The van der Waals surface area contributed by atoms with Crippen molar-refractivity contribution in [1.82, 2.24) is 24.4 Å². The van der Waals surface area contributed by atoms with E-state index in [0.29, 0.717) is 37.5 Å². The van der Waals surface area contributed by atoms with Crippen molar-refractivity contribution < 1.29 is 28.7 Å². The molecule has 0 aliphatic rings. The number of carbonyl (C=O) groups excluding carboxylic acids is 3. The number of nitrogens with two attached hydrogens (primary N) is 1. The number of aliphatic hydroxyl groups is 1. The summed E-state index contributed by atoms with van der Waals surface area (Å²) in [4.78, 5) is 45.1. The van der Waals surface area contributed by atoms with E-state index in [1.807, 2.05) is 108 Å². The molecule has 6 rings (SSSR count). The van der Waals surface area contributed by atoms with Gasteiger partial charge in [-0.15, -0.1) is 12.4 Å². The number of hydrogen-bond acceptors (Lipinski definition) is 9. The van der Waals surface area contributed by atoms with Crippen LogP contribution in [-0.4, -0.2) is 81.1 Å². The molecule has 2 aromatic heterocycles. The molecule has 0 bridgehead atoms. The second-order valence-electron chi connectivity index (χ2n) is 19.0. The molecule has 2 atom stereocenters. The quantitative estimate of drug-likeness (QED) is 0.0596. The Balaban J connectivity index is 0.000000574. The van der Waals surface area contributed by atoms with Crippen molar-refractivity contribution in [3.8, 4) is 22.5 Å². The number of nitrogens with zero attached hydrogens (tertiary/aromatic N) is 4. The van der Waals surface area contributed by atoms with Gasteiger partial charge in [0.2, 0.25) is 0 Å². The van der Waals surface area contributed by atoms with Gasteiger partial charge in [0.1, 0.15) is 5.60 Å². The fourth-order valence-corrected chi connectivity index (χ4v) is 12.7. The fraction of sp³-hybridized carbons (Fsp3) is 0.400. The number of hydrogen-bond donors (Lipinski definition) is 3. The topological polar surface area (TPSA) is 164 Å². The number of benzene rings is 4. The van der Waals surface area contributed by atoms with E-state index >= 15 is 0 Å². The van der Waals surface area contributed by atoms with Gasteiger partial charge in [0, 0.05) is 76.8 Å². The Morgan fingerprint density at radius 3 is 1.46 bits per heavy atom. The molecule has 69 heavy (non-hydrogen) atoms. The smallest absolute Gasteiger partial charge is 0.407 e. The summed E-state index contributed by atoms with van der Waals surface area (Å²) in [5, 5.41) is 14.3. The minimum Gasteiger partial charge on any atom is -0.444 e. The molecule has 4 N–H and O–H groups in total. The molecule has 0 saturated carbocycles. The van der Waals surface area contributed by atoms with Crippen molar-refractivity contribution >= 4 is 48.8 Å². The summed E-state index contributed by atoms with van der Waals surface area (Å²) in [6.45, 7) is 16.0. The summed E-state index contributed by atoms with van der Waals surface area (Å²) in [6, 6.07) is 37.0. The van der Waals surface area contributed by atoms with E-state index in [4.69, 9.17) is 20.0 Å². The molecule has 374 valence electrons. The van der Waals surface area contributed by atoms with E-state index in [0.717, 1.165) is 40.1 Å². The monoisotopic (exact) mass is 981 g/mol. The van der Waals surface area contributed by atoms with Gasteiger partial charge in [0.25, 0.3) is 8.32 Å². The zero-order chi connectivity index (χ0) is 48.2. The average Bonchev–Trinajstić information content (AvgIpc) is 3.85. The largest absolute Gasteiger partial charge is 0.444 e. The molecule has 0 unspecified atom stereocenters. The highest BCUT2D eigenvalue weighted by Crippen LogP contribution is 2.37. The van der Waals surface area contributed by atoms with E-state index < -0.39 is 20.0 Å². The first-order chi connectivity index (χ1) is 31.2. The number of imidazole rings is 2. The van der Waals surface area contributed by atoms with Crippen LogP contribution in [0.1, 0.15) is 115 Å². The Kier molecular flexibility index (Phi) is 22.7. The predicted octanol–water partition coefficient (Wildman–Crippen LogP) is 9.93. The minimum absolute atomic E-state index is 0. The number of nitrogens with one attached hydrogen (secondary N) is 1. The summed E-state index contributed by atoms with van der Waals surface area (Å²) >= 11 is 0. The Labute approximate surface area is 418 Å². The lowest BCUT2D eigenvalue weighted by Crippen LogP contribution is -2.66. The third-order valence-corrected chi connectivity index (χ3v) is 16.3. The zero-order valence-corrected chi connectivity index (χ0v) is 42.5. The van der Waals surface area contributed by atoms with Crippen LogP contribution in [0.2, 0.25) is 5.04 Å². The Morgan fingerprint density at radius 2 is 1.10 bits per heavy atom. The number of aromatic nitrogens is 4. The maximum Gasteiger partial charge on any atom is 0.407 e. The molecule has 6 aromatic rings. The minimum atomic E-state index is -2.72. The van der Waals surface area contributed by atoms with Crippen molar-refractivity contribution in [3.05, 3.63) is 144 Å². The number of ether oxygens (including phenoxy) is 1. The van der Waals surface area contributed by atoms with Gasteiger partial charge in [0.05, 0.1) is 11.4 Å². The van der Waals surface area contributed by atoms with Crippen LogP contribution in [0.25, 0.3) is 22.5 Å². The van der Waals surface area contributed by atoms with E-state index in [1.165, 1.54) is 24.2 Å². The summed E-state index contributed by atoms with van der Waals surface area (Å²) < 4.78 is 16.3. The van der Waals surface area contributed by atoms with E-state index in [9.17, 15) is 14.4 Å². The highest BCUT2D eigenvalue weighted by Gasteiger charge is 2.50. The predicted molar refractivity (Wildman–Crippen MR) is 286 cm³/mol. The number of alkyl carbamates (subject to hydrolysis) is 1. The molecule has 2 heterocycles. The third kappa shape index (κ3) is 16.2. The number of rotatable bonds is 17. The molecule has 0 aliphatic carbocycles. The van der Waals surface area contributed by atoms with E-state index in [-0.39, 0.29) is 62.6 Å². The lowest BCUT2D eigenvalue weighted by Gasteiger charge is -2.43.